The number of rotatable bonds is 1. The lowest BCUT2D eigenvalue weighted by Crippen LogP contribution is -2.09. The third-order valence-electron chi connectivity index (χ3n) is 2.39. The van der Waals surface area contributed by atoms with Crippen molar-refractivity contribution in [1.29, 1.82) is 0 Å². The van der Waals surface area contributed by atoms with Gasteiger partial charge in [-0.3, -0.25) is 0 Å². The zero-order chi connectivity index (χ0) is 8.60. The van der Waals surface area contributed by atoms with Crippen molar-refractivity contribution >= 4 is 0 Å². The lowest BCUT2D eigenvalue weighted by molar-refractivity contribution is 0.0735. The average Bonchev–Trinajstić information content (AvgIpc) is 2.55. The number of hydrogen-bond acceptors (Lipinski definition) is 2. The Morgan fingerprint density at radius 3 is 2.83 bits per heavy atom. The van der Waals surface area contributed by atoms with Gasteiger partial charge in [0.2, 0.25) is 0 Å². The maximum absolute atomic E-state index is 5.59. The molecule has 0 aromatic heterocycles. The molecule has 0 saturated carbocycles. The Morgan fingerprint density at radius 1 is 1.50 bits per heavy atom. The van der Waals surface area contributed by atoms with Gasteiger partial charge in [-0.2, -0.15) is 0 Å². The second kappa shape index (κ2) is 2.77. The second-order valence-corrected chi connectivity index (χ2v) is 4.33. The van der Waals surface area contributed by atoms with E-state index in [1.165, 1.54) is 6.42 Å². The van der Waals surface area contributed by atoms with Crippen LogP contribution in [0.2, 0.25) is 0 Å². The lowest BCUT2D eigenvalue weighted by atomic mass is 9.95. The first kappa shape index (κ1) is 8.11. The Hall–Kier alpha value is -0.500. The van der Waals surface area contributed by atoms with Gasteiger partial charge in [0.15, 0.2) is 0 Å². The van der Waals surface area contributed by atoms with Gasteiger partial charge in [0.1, 0.15) is 11.9 Å². The molecule has 0 aromatic carbocycles. The molecule has 0 aliphatic carbocycles. The van der Waals surface area contributed by atoms with E-state index in [4.69, 9.17) is 9.47 Å². The Balaban J connectivity index is 2.05. The van der Waals surface area contributed by atoms with Crippen LogP contribution in [0.4, 0.5) is 0 Å². The predicted molar refractivity (Wildman–Crippen MR) is 46.8 cm³/mol. The monoisotopic (exact) mass is 168 g/mol. The van der Waals surface area contributed by atoms with Crippen LogP contribution in [0.1, 0.15) is 26.7 Å². The minimum atomic E-state index is 0.210. The van der Waals surface area contributed by atoms with Crippen molar-refractivity contribution in [2.24, 2.45) is 5.41 Å². The minimum absolute atomic E-state index is 0.210. The normalized spacial score (nSPS) is 33.2. The van der Waals surface area contributed by atoms with Gasteiger partial charge in [-0.05, 0) is 18.9 Å². The van der Waals surface area contributed by atoms with Crippen LogP contribution < -0.4 is 0 Å². The Kier molecular flexibility index (Phi) is 1.87. The first-order chi connectivity index (χ1) is 5.67. The highest BCUT2D eigenvalue weighted by Gasteiger charge is 2.31. The van der Waals surface area contributed by atoms with E-state index >= 15 is 0 Å². The molecule has 1 atom stereocenters. The van der Waals surface area contributed by atoms with E-state index < -0.39 is 0 Å². The van der Waals surface area contributed by atoms with Crippen LogP contribution in [0, 0.1) is 5.41 Å². The molecule has 1 unspecified atom stereocenters. The second-order valence-electron chi connectivity index (χ2n) is 4.33. The highest BCUT2D eigenvalue weighted by atomic mass is 16.5. The molecule has 1 saturated heterocycles. The van der Waals surface area contributed by atoms with Crippen LogP contribution >= 0.6 is 0 Å². The summed E-state index contributed by atoms with van der Waals surface area (Å²) in [7, 11) is 0. The molecule has 0 radical (unpaired) electrons. The van der Waals surface area contributed by atoms with E-state index in [9.17, 15) is 0 Å². The summed E-state index contributed by atoms with van der Waals surface area (Å²) in [4.78, 5) is 0. The summed E-state index contributed by atoms with van der Waals surface area (Å²) in [5.74, 6) is 1.07. The molecule has 0 aromatic rings. The largest absolute Gasteiger partial charge is 0.495 e. The standard InChI is InChI=1S/C10H16O2/c1-10(2)6-9(12-7-10)8-4-3-5-11-8/h6,8H,3-5,7H2,1-2H3. The fourth-order valence-electron chi connectivity index (χ4n) is 1.73. The van der Waals surface area contributed by atoms with E-state index in [1.807, 2.05) is 0 Å². The van der Waals surface area contributed by atoms with Gasteiger partial charge in [-0.15, -0.1) is 0 Å². The van der Waals surface area contributed by atoms with Crippen molar-refractivity contribution in [2.75, 3.05) is 13.2 Å². The Labute approximate surface area is 73.5 Å². The molecule has 2 aliphatic heterocycles. The zero-order valence-corrected chi connectivity index (χ0v) is 7.80. The minimum Gasteiger partial charge on any atom is -0.495 e. The van der Waals surface area contributed by atoms with Crippen molar-refractivity contribution in [2.45, 2.75) is 32.8 Å². The Morgan fingerprint density at radius 2 is 2.33 bits per heavy atom. The van der Waals surface area contributed by atoms with Crippen molar-refractivity contribution in [1.82, 2.24) is 0 Å². The molecule has 2 aliphatic rings. The SMILES string of the molecule is CC1(C)C=C(C2CCCO2)OC1. The first-order valence-corrected chi connectivity index (χ1v) is 4.65. The average molecular weight is 168 g/mol. The number of hydrogen-bond donors (Lipinski definition) is 0. The Bertz CT molecular complexity index is 200. The molecule has 0 amide bonds. The van der Waals surface area contributed by atoms with Crippen LogP contribution in [0.5, 0.6) is 0 Å². The van der Waals surface area contributed by atoms with E-state index in [2.05, 4.69) is 19.9 Å². The van der Waals surface area contributed by atoms with Crippen molar-refractivity contribution in [3.63, 3.8) is 0 Å². The van der Waals surface area contributed by atoms with Crippen LogP contribution in [0.3, 0.4) is 0 Å². The van der Waals surface area contributed by atoms with E-state index in [0.29, 0.717) is 0 Å². The summed E-state index contributed by atoms with van der Waals surface area (Å²) in [5.41, 5.74) is 0.210. The predicted octanol–water partition coefficient (Wildman–Crippen LogP) is 2.11. The van der Waals surface area contributed by atoms with Crippen molar-refractivity contribution in [3.05, 3.63) is 11.8 Å². The third kappa shape index (κ3) is 1.48. The molecular weight excluding hydrogens is 152 g/mol. The van der Waals surface area contributed by atoms with Gasteiger partial charge in [-0.1, -0.05) is 13.8 Å². The highest BCUT2D eigenvalue weighted by molar-refractivity contribution is 5.12. The van der Waals surface area contributed by atoms with Gasteiger partial charge >= 0.3 is 0 Å². The van der Waals surface area contributed by atoms with Gasteiger partial charge in [0.05, 0.1) is 6.61 Å². The topological polar surface area (TPSA) is 18.5 Å². The van der Waals surface area contributed by atoms with Crippen LogP contribution in [-0.4, -0.2) is 19.3 Å². The summed E-state index contributed by atoms with van der Waals surface area (Å²) >= 11 is 0. The van der Waals surface area contributed by atoms with Crippen LogP contribution in [0.25, 0.3) is 0 Å². The lowest BCUT2D eigenvalue weighted by Gasteiger charge is -2.11. The molecule has 2 heteroatoms. The van der Waals surface area contributed by atoms with Gasteiger partial charge < -0.3 is 9.47 Å². The fourth-order valence-corrected chi connectivity index (χ4v) is 1.73. The van der Waals surface area contributed by atoms with E-state index in [1.54, 1.807) is 0 Å². The summed E-state index contributed by atoms with van der Waals surface area (Å²) in [6.45, 7) is 6.08. The quantitative estimate of drug-likeness (QED) is 0.597. The third-order valence-corrected chi connectivity index (χ3v) is 2.39. The van der Waals surface area contributed by atoms with Gasteiger partial charge in [0, 0.05) is 12.0 Å². The van der Waals surface area contributed by atoms with Crippen LogP contribution in [0.15, 0.2) is 11.8 Å². The molecule has 68 valence electrons. The molecule has 12 heavy (non-hydrogen) atoms. The first-order valence-electron chi connectivity index (χ1n) is 4.65. The molecule has 2 rings (SSSR count). The van der Waals surface area contributed by atoms with Crippen molar-refractivity contribution in [3.8, 4) is 0 Å². The molecule has 2 nitrogen and oxygen atoms in total. The summed E-state index contributed by atoms with van der Waals surface area (Å²) in [5, 5.41) is 0. The van der Waals surface area contributed by atoms with Gasteiger partial charge in [0.25, 0.3) is 0 Å². The van der Waals surface area contributed by atoms with Crippen LogP contribution in [-0.2, 0) is 9.47 Å². The summed E-state index contributed by atoms with van der Waals surface area (Å²) < 4.78 is 11.1. The molecular formula is C10H16O2. The van der Waals surface area contributed by atoms with E-state index in [0.717, 1.165) is 25.4 Å². The molecule has 2 heterocycles. The maximum Gasteiger partial charge on any atom is 0.121 e. The number of ether oxygens (including phenoxy) is 2. The summed E-state index contributed by atoms with van der Waals surface area (Å²) in [6.07, 6.45) is 4.77. The fraction of sp³-hybridized carbons (Fsp3) is 0.800. The summed E-state index contributed by atoms with van der Waals surface area (Å²) in [6, 6.07) is 0. The molecule has 0 N–H and O–H groups in total. The maximum atomic E-state index is 5.59. The molecule has 0 bridgehead atoms. The highest BCUT2D eigenvalue weighted by Crippen LogP contribution is 2.33. The molecule has 0 spiro atoms. The van der Waals surface area contributed by atoms with Crippen molar-refractivity contribution < 1.29 is 9.47 Å². The van der Waals surface area contributed by atoms with Gasteiger partial charge in [-0.25, -0.2) is 0 Å². The van der Waals surface area contributed by atoms with E-state index in [-0.39, 0.29) is 11.5 Å². The smallest absolute Gasteiger partial charge is 0.121 e. The zero-order valence-electron chi connectivity index (χ0n) is 7.80. The molecule has 1 fully saturated rings.